The third kappa shape index (κ3) is 4.33. The lowest BCUT2D eigenvalue weighted by Crippen LogP contribution is -2.41. The largest absolute Gasteiger partial charge is 0.0622 e. The van der Waals surface area contributed by atoms with E-state index in [1.807, 2.05) is 0 Å². The lowest BCUT2D eigenvalue weighted by Gasteiger charge is -2.40. The van der Waals surface area contributed by atoms with E-state index in [-0.39, 0.29) is 0 Å². The summed E-state index contributed by atoms with van der Waals surface area (Å²) in [5, 5.41) is 0. The van der Waals surface area contributed by atoms with Crippen molar-refractivity contribution in [3.63, 3.8) is 0 Å². The molecule has 22 heavy (non-hydrogen) atoms. The lowest BCUT2D eigenvalue weighted by molar-refractivity contribution is 0.774. The van der Waals surface area contributed by atoms with Gasteiger partial charge in [0, 0.05) is 0 Å². The van der Waals surface area contributed by atoms with Crippen molar-refractivity contribution in [3.05, 3.63) is 71.8 Å². The van der Waals surface area contributed by atoms with Crippen molar-refractivity contribution in [1.29, 1.82) is 0 Å². The van der Waals surface area contributed by atoms with E-state index in [9.17, 15) is 0 Å². The minimum absolute atomic E-state index is 0.851. The van der Waals surface area contributed by atoms with Gasteiger partial charge in [-0.15, -0.1) is 0 Å². The molecule has 1 aliphatic heterocycles. The van der Waals surface area contributed by atoms with Gasteiger partial charge in [-0.3, -0.25) is 0 Å². The van der Waals surface area contributed by atoms with Crippen LogP contribution in [-0.2, 0) is 12.8 Å². The summed E-state index contributed by atoms with van der Waals surface area (Å²) in [6.07, 6.45) is 6.93. The summed E-state index contributed by atoms with van der Waals surface area (Å²) in [5.41, 5.74) is 3.05. The first-order chi connectivity index (χ1) is 10.9. The Morgan fingerprint density at radius 2 is 1.09 bits per heavy atom. The van der Waals surface area contributed by atoms with Crippen LogP contribution in [0.25, 0.3) is 0 Å². The number of rotatable bonds is 8. The summed E-state index contributed by atoms with van der Waals surface area (Å²) in [6, 6.07) is 28.4. The summed E-state index contributed by atoms with van der Waals surface area (Å²) < 4.78 is 0. The summed E-state index contributed by atoms with van der Waals surface area (Å²) in [5.74, 6) is 0. The van der Waals surface area contributed by atoms with E-state index in [0.29, 0.717) is 0 Å². The van der Waals surface area contributed by atoms with Crippen molar-refractivity contribution >= 4 is 8.07 Å². The molecule has 0 N–H and O–H groups in total. The average Bonchev–Trinajstić information content (AvgIpc) is 2.54. The molecule has 0 atom stereocenters. The van der Waals surface area contributed by atoms with Gasteiger partial charge in [0.05, 0.1) is 8.07 Å². The van der Waals surface area contributed by atoms with Gasteiger partial charge in [-0.05, 0) is 24.0 Å². The Kier molecular flexibility index (Phi) is 5.50. The fourth-order valence-electron chi connectivity index (χ4n) is 3.93. The molecule has 1 aliphatic rings. The second-order valence-corrected chi connectivity index (χ2v) is 12.0. The summed E-state index contributed by atoms with van der Waals surface area (Å²) in [4.78, 5) is 0. The minimum atomic E-state index is -0.851. The SMILES string of the molecule is c1ccc(CCC[Si]2(CCCc3ccccc3)CCC2)cc1. The Morgan fingerprint density at radius 1 is 0.636 bits per heavy atom. The molecule has 0 radical (unpaired) electrons. The molecule has 2 aromatic carbocycles. The van der Waals surface area contributed by atoms with E-state index in [1.165, 1.54) is 43.2 Å². The second-order valence-electron chi connectivity index (χ2n) is 7.03. The van der Waals surface area contributed by atoms with Gasteiger partial charge in [-0.2, -0.15) is 0 Å². The number of benzene rings is 2. The Labute approximate surface area is 136 Å². The van der Waals surface area contributed by atoms with Crippen molar-refractivity contribution in [2.75, 3.05) is 0 Å². The zero-order chi connectivity index (χ0) is 15.1. The highest BCUT2D eigenvalue weighted by atomic mass is 28.3. The predicted octanol–water partition coefficient (Wildman–Crippen LogP) is 6.10. The molecule has 116 valence electrons. The third-order valence-corrected chi connectivity index (χ3v) is 11.1. The van der Waals surface area contributed by atoms with Crippen LogP contribution in [0, 0.1) is 0 Å². The monoisotopic (exact) mass is 308 g/mol. The highest BCUT2D eigenvalue weighted by Gasteiger charge is 2.37. The summed E-state index contributed by atoms with van der Waals surface area (Å²) in [6.45, 7) is 0. The Morgan fingerprint density at radius 3 is 1.45 bits per heavy atom. The molecule has 1 fully saturated rings. The van der Waals surface area contributed by atoms with Crippen molar-refractivity contribution in [3.8, 4) is 0 Å². The maximum atomic E-state index is 2.28. The van der Waals surface area contributed by atoms with E-state index in [4.69, 9.17) is 0 Å². The molecule has 0 unspecified atom stereocenters. The zero-order valence-corrected chi connectivity index (χ0v) is 14.6. The van der Waals surface area contributed by atoms with Gasteiger partial charge in [0.15, 0.2) is 0 Å². The summed E-state index contributed by atoms with van der Waals surface area (Å²) >= 11 is 0. The third-order valence-electron chi connectivity index (χ3n) is 5.44. The van der Waals surface area contributed by atoms with Crippen LogP contribution in [0.5, 0.6) is 0 Å². The van der Waals surface area contributed by atoms with Crippen molar-refractivity contribution in [2.24, 2.45) is 0 Å². The van der Waals surface area contributed by atoms with Crippen LogP contribution >= 0.6 is 0 Å². The van der Waals surface area contributed by atoms with Crippen LogP contribution in [0.3, 0.4) is 0 Å². The fraction of sp³-hybridized carbons (Fsp3) is 0.429. The van der Waals surface area contributed by atoms with Crippen LogP contribution in [0.1, 0.15) is 30.4 Å². The topological polar surface area (TPSA) is 0 Å². The molecule has 0 saturated carbocycles. The quantitative estimate of drug-likeness (QED) is 0.516. The molecule has 0 bridgehead atoms. The average molecular weight is 309 g/mol. The van der Waals surface area contributed by atoms with E-state index in [0.717, 1.165) is 0 Å². The van der Waals surface area contributed by atoms with Gasteiger partial charge in [0.2, 0.25) is 0 Å². The van der Waals surface area contributed by atoms with E-state index >= 15 is 0 Å². The summed E-state index contributed by atoms with van der Waals surface area (Å²) in [7, 11) is -0.851. The maximum Gasteiger partial charge on any atom is 0.0535 e. The molecule has 2 aromatic rings. The molecule has 0 amide bonds. The van der Waals surface area contributed by atoms with Gasteiger partial charge >= 0.3 is 0 Å². The van der Waals surface area contributed by atoms with E-state index in [2.05, 4.69) is 60.7 Å². The predicted molar refractivity (Wildman–Crippen MR) is 99.1 cm³/mol. The standard InChI is InChI=1S/C21H28Si/c1-3-10-20(11-4-1)14-7-16-22(18-9-19-22)17-8-15-21-12-5-2-6-13-21/h1-6,10-13H,7-9,14-19H2. The molecule has 1 heterocycles. The number of hydrogen-bond donors (Lipinski definition) is 0. The molecule has 3 rings (SSSR count). The first-order valence-corrected chi connectivity index (χ1v) is 11.8. The smallest absolute Gasteiger partial charge is 0.0535 e. The normalized spacial score (nSPS) is 16.2. The second kappa shape index (κ2) is 7.78. The Bertz CT molecular complexity index is 495. The zero-order valence-electron chi connectivity index (χ0n) is 13.6. The molecule has 0 nitrogen and oxygen atoms in total. The van der Waals surface area contributed by atoms with Crippen LogP contribution in [0.2, 0.25) is 24.2 Å². The van der Waals surface area contributed by atoms with E-state index < -0.39 is 8.07 Å². The molecular formula is C21H28Si. The first kappa shape index (κ1) is 15.5. The van der Waals surface area contributed by atoms with Crippen LogP contribution < -0.4 is 0 Å². The van der Waals surface area contributed by atoms with Crippen LogP contribution in [-0.4, -0.2) is 8.07 Å². The fourth-order valence-corrected chi connectivity index (χ4v) is 8.38. The van der Waals surface area contributed by atoms with Gasteiger partial charge in [0.25, 0.3) is 0 Å². The Hall–Kier alpha value is -1.34. The van der Waals surface area contributed by atoms with Crippen LogP contribution in [0.15, 0.2) is 60.7 Å². The molecular weight excluding hydrogens is 280 g/mol. The van der Waals surface area contributed by atoms with Crippen molar-refractivity contribution in [1.82, 2.24) is 0 Å². The van der Waals surface area contributed by atoms with Gasteiger partial charge in [-0.1, -0.05) is 104 Å². The van der Waals surface area contributed by atoms with E-state index in [1.54, 1.807) is 24.2 Å². The number of aryl methyl sites for hydroxylation is 2. The van der Waals surface area contributed by atoms with Crippen molar-refractivity contribution in [2.45, 2.75) is 56.3 Å². The van der Waals surface area contributed by atoms with Crippen LogP contribution in [0.4, 0.5) is 0 Å². The molecule has 0 aliphatic carbocycles. The molecule has 1 saturated heterocycles. The lowest BCUT2D eigenvalue weighted by atomic mass is 10.1. The van der Waals surface area contributed by atoms with Crippen molar-refractivity contribution < 1.29 is 0 Å². The number of hydrogen-bond acceptors (Lipinski definition) is 0. The van der Waals surface area contributed by atoms with Gasteiger partial charge in [-0.25, -0.2) is 0 Å². The molecule has 0 aromatic heterocycles. The Balaban J connectivity index is 1.42. The highest BCUT2D eigenvalue weighted by molar-refractivity contribution is 6.82. The highest BCUT2D eigenvalue weighted by Crippen LogP contribution is 2.41. The molecule has 0 spiro atoms. The molecule has 1 heteroatoms. The first-order valence-electron chi connectivity index (χ1n) is 8.94. The van der Waals surface area contributed by atoms with Gasteiger partial charge < -0.3 is 0 Å². The minimum Gasteiger partial charge on any atom is -0.0622 e. The maximum absolute atomic E-state index is 2.28. The van der Waals surface area contributed by atoms with Gasteiger partial charge in [0.1, 0.15) is 0 Å².